The van der Waals surface area contributed by atoms with Crippen LogP contribution in [0.2, 0.25) is 0 Å². The van der Waals surface area contributed by atoms with Crippen LogP contribution < -0.4 is 0 Å². The molecule has 0 bridgehead atoms. The van der Waals surface area contributed by atoms with Crippen LogP contribution in [0.3, 0.4) is 0 Å². The van der Waals surface area contributed by atoms with Gasteiger partial charge in [0, 0.05) is 4.11 Å². The first kappa shape index (κ1) is 4.58. The van der Waals surface area contributed by atoms with Crippen molar-refractivity contribution in [1.29, 1.82) is 0 Å². The van der Waals surface area contributed by atoms with E-state index in [0.717, 1.165) is 4.90 Å². The summed E-state index contributed by atoms with van der Waals surface area (Å²) in [7, 11) is 1.24. The molecule has 0 spiro atoms. The van der Waals surface area contributed by atoms with Gasteiger partial charge in [-0.05, 0) is 14.0 Å². The Morgan fingerprint density at radius 3 is 2.62 bits per heavy atom. The van der Waals surface area contributed by atoms with Crippen LogP contribution in [0.4, 0.5) is 0 Å². The van der Waals surface area contributed by atoms with E-state index in [9.17, 15) is 4.79 Å². The van der Waals surface area contributed by atoms with Gasteiger partial charge in [-0.25, -0.2) is 0 Å². The van der Waals surface area contributed by atoms with Crippen LogP contribution in [0.25, 0.3) is 0 Å². The molecule has 0 rings (SSSR count). The Kier molecular flexibility index (Phi) is 2.79. The molecule has 8 heavy (non-hydrogen) atoms. The molecule has 0 atom stereocenters. The number of carboxylic acids is 1. The molecule has 0 fully saturated rings. The van der Waals surface area contributed by atoms with Gasteiger partial charge in [-0.15, -0.1) is 12.4 Å². The van der Waals surface area contributed by atoms with Crippen molar-refractivity contribution in [2.45, 2.75) is 0 Å². The number of aliphatic carboxylic acids is 1. The van der Waals surface area contributed by atoms with Crippen LogP contribution in [-0.2, 0) is 4.79 Å². The standard InChI is InChI=1S/C4H9NO2.ClH/c1-5(2)3-4(6)7;/h3H2,1-2H3,(H,6,7);1H/i1D3;. The second kappa shape index (κ2) is 4.87. The molecule has 0 saturated heterocycles. The van der Waals surface area contributed by atoms with Gasteiger partial charge in [-0.3, -0.25) is 9.69 Å². The average molecular weight is 143 g/mol. The number of halogens is 1. The summed E-state index contributed by atoms with van der Waals surface area (Å²) >= 11 is 0. The second-order valence-electron chi connectivity index (χ2n) is 1.25. The SMILES string of the molecule is Cl.[2H]C([2H])([2H])N(C)CC(=O)O. The van der Waals surface area contributed by atoms with Crippen molar-refractivity contribution in [3.05, 3.63) is 0 Å². The van der Waals surface area contributed by atoms with Crippen LogP contribution >= 0.6 is 12.4 Å². The number of likely N-dealkylation sites (N-methyl/N-ethyl adjacent to an activating group) is 1. The van der Waals surface area contributed by atoms with E-state index in [2.05, 4.69) is 0 Å². The number of nitrogens with zero attached hydrogens (tertiary/aromatic N) is 1. The van der Waals surface area contributed by atoms with Gasteiger partial charge in [0.1, 0.15) is 0 Å². The van der Waals surface area contributed by atoms with Gasteiger partial charge >= 0.3 is 5.97 Å². The maximum atomic E-state index is 9.96. The summed E-state index contributed by atoms with van der Waals surface area (Å²) in [5.41, 5.74) is 0. The third kappa shape index (κ3) is 9.21. The lowest BCUT2D eigenvalue weighted by Crippen LogP contribution is -2.20. The van der Waals surface area contributed by atoms with Crippen molar-refractivity contribution in [3.63, 3.8) is 0 Å². The van der Waals surface area contributed by atoms with E-state index in [1.807, 2.05) is 0 Å². The topological polar surface area (TPSA) is 40.5 Å². The van der Waals surface area contributed by atoms with Crippen molar-refractivity contribution < 1.29 is 14.0 Å². The smallest absolute Gasteiger partial charge is 0.317 e. The largest absolute Gasteiger partial charge is 0.480 e. The molecule has 0 radical (unpaired) electrons. The van der Waals surface area contributed by atoms with Crippen molar-refractivity contribution in [2.75, 3.05) is 20.6 Å². The number of rotatable bonds is 2. The molecular weight excluding hydrogens is 130 g/mol. The highest BCUT2D eigenvalue weighted by molar-refractivity contribution is 5.85. The van der Waals surface area contributed by atoms with E-state index in [1.165, 1.54) is 7.05 Å². The zero-order valence-electron chi connectivity index (χ0n) is 7.42. The van der Waals surface area contributed by atoms with Gasteiger partial charge in [-0.1, -0.05) is 0 Å². The van der Waals surface area contributed by atoms with Gasteiger partial charge in [0.05, 0.1) is 6.54 Å². The number of hydrogen-bond acceptors (Lipinski definition) is 2. The minimum atomic E-state index is -2.31. The van der Waals surface area contributed by atoms with Crippen LogP contribution in [0.5, 0.6) is 0 Å². The molecule has 3 nitrogen and oxygen atoms in total. The summed E-state index contributed by atoms with van der Waals surface area (Å²) in [6.07, 6.45) is 0. The Hall–Kier alpha value is -0.280. The highest BCUT2D eigenvalue weighted by Gasteiger charge is 1.94. The Bertz CT molecular complexity index is 138. The fraction of sp³-hybridized carbons (Fsp3) is 0.750. The lowest BCUT2D eigenvalue weighted by atomic mass is 10.6. The predicted molar refractivity (Wildman–Crippen MR) is 33.4 cm³/mol. The molecular formula is C4H10ClNO2. The van der Waals surface area contributed by atoms with E-state index in [1.54, 1.807) is 0 Å². The first-order chi connectivity index (χ1) is 4.34. The minimum absolute atomic E-state index is 0. The maximum Gasteiger partial charge on any atom is 0.317 e. The first-order valence-electron chi connectivity index (χ1n) is 3.27. The summed E-state index contributed by atoms with van der Waals surface area (Å²) in [6.45, 7) is -2.77. The Morgan fingerprint density at radius 2 is 2.50 bits per heavy atom. The first-order valence-corrected chi connectivity index (χ1v) is 1.77. The molecule has 0 aliphatic rings. The zero-order chi connectivity index (χ0) is 8.36. The van der Waals surface area contributed by atoms with E-state index in [0.29, 0.717) is 0 Å². The van der Waals surface area contributed by atoms with E-state index in [4.69, 9.17) is 9.22 Å². The molecule has 1 N–H and O–H groups in total. The summed E-state index contributed by atoms with van der Waals surface area (Å²) < 4.78 is 20.2. The van der Waals surface area contributed by atoms with Crippen molar-refractivity contribution in [1.82, 2.24) is 4.90 Å². The third-order valence-electron chi connectivity index (χ3n) is 0.372. The zero-order valence-corrected chi connectivity index (χ0v) is 5.23. The summed E-state index contributed by atoms with van der Waals surface area (Å²) in [4.78, 5) is 10.8. The highest BCUT2D eigenvalue weighted by Crippen LogP contribution is 1.69. The lowest BCUT2D eigenvalue weighted by Gasteiger charge is -2.01. The van der Waals surface area contributed by atoms with Crippen LogP contribution in [-0.4, -0.2) is 36.5 Å². The van der Waals surface area contributed by atoms with E-state index >= 15 is 0 Å². The third-order valence-corrected chi connectivity index (χ3v) is 0.372. The van der Waals surface area contributed by atoms with Crippen LogP contribution in [0, 0.1) is 0 Å². The van der Waals surface area contributed by atoms with Crippen molar-refractivity contribution >= 4 is 18.4 Å². The van der Waals surface area contributed by atoms with Gasteiger partial charge in [0.2, 0.25) is 0 Å². The molecule has 0 unspecified atom stereocenters. The normalized spacial score (nSPS) is 15.5. The molecule has 0 heterocycles. The molecule has 50 valence electrons. The number of hydrogen-bond donors (Lipinski definition) is 1. The molecule has 0 aromatic rings. The lowest BCUT2D eigenvalue weighted by molar-refractivity contribution is -0.137. The quantitative estimate of drug-likeness (QED) is 0.593. The monoisotopic (exact) mass is 142 g/mol. The van der Waals surface area contributed by atoms with Gasteiger partial charge < -0.3 is 5.11 Å². The number of carboxylic acid groups (broad SMARTS) is 1. The summed E-state index contributed by atoms with van der Waals surface area (Å²) in [5.74, 6) is -1.14. The molecule has 0 aliphatic carbocycles. The molecule has 0 saturated carbocycles. The minimum Gasteiger partial charge on any atom is -0.480 e. The molecule has 0 aliphatic heterocycles. The Balaban J connectivity index is 0. The predicted octanol–water partition coefficient (Wildman–Crippen LogP) is 0.0544. The number of carbonyl (C=O) groups is 1. The summed E-state index contributed by atoms with van der Waals surface area (Å²) in [5, 5.41) is 8.16. The van der Waals surface area contributed by atoms with Crippen molar-refractivity contribution in [2.24, 2.45) is 0 Å². The van der Waals surface area contributed by atoms with Crippen LogP contribution in [0.15, 0.2) is 0 Å². The Labute approximate surface area is 58.9 Å². The van der Waals surface area contributed by atoms with E-state index in [-0.39, 0.29) is 12.4 Å². The fourth-order valence-electron chi connectivity index (χ4n) is 0.203. The molecule has 4 heteroatoms. The average Bonchev–Trinajstić information content (AvgIpc) is 1.60. The van der Waals surface area contributed by atoms with E-state index < -0.39 is 19.5 Å². The fourth-order valence-corrected chi connectivity index (χ4v) is 0.203. The Morgan fingerprint density at radius 1 is 2.00 bits per heavy atom. The van der Waals surface area contributed by atoms with Crippen LogP contribution in [0.1, 0.15) is 4.11 Å². The molecule has 0 amide bonds. The van der Waals surface area contributed by atoms with Gasteiger partial charge in [0.15, 0.2) is 0 Å². The highest BCUT2D eigenvalue weighted by atomic mass is 35.5. The van der Waals surface area contributed by atoms with Gasteiger partial charge in [-0.2, -0.15) is 0 Å². The molecule has 0 aromatic carbocycles. The molecule has 0 aromatic heterocycles. The van der Waals surface area contributed by atoms with Gasteiger partial charge in [0.25, 0.3) is 0 Å². The van der Waals surface area contributed by atoms with Crippen molar-refractivity contribution in [3.8, 4) is 0 Å². The summed E-state index contributed by atoms with van der Waals surface area (Å²) in [6, 6.07) is 0. The maximum absolute atomic E-state index is 9.96. The second-order valence-corrected chi connectivity index (χ2v) is 1.25.